The van der Waals surface area contributed by atoms with Crippen molar-refractivity contribution in [3.63, 3.8) is 0 Å². The molecule has 0 aliphatic carbocycles. The Morgan fingerprint density at radius 1 is 0.816 bits per heavy atom. The van der Waals surface area contributed by atoms with Gasteiger partial charge in [-0.1, -0.05) is 66.2 Å². The van der Waals surface area contributed by atoms with Crippen LogP contribution in [0.3, 0.4) is 0 Å². The summed E-state index contributed by atoms with van der Waals surface area (Å²) in [4.78, 5) is 12.8. The van der Waals surface area contributed by atoms with Crippen LogP contribution in [0.2, 0.25) is 5.02 Å². The molecule has 4 rings (SSSR count). The van der Waals surface area contributed by atoms with Gasteiger partial charge in [-0.25, -0.2) is 8.42 Å². The van der Waals surface area contributed by atoms with Gasteiger partial charge in [0.15, 0.2) is 0 Å². The van der Waals surface area contributed by atoms with Crippen molar-refractivity contribution in [2.75, 3.05) is 6.54 Å². The molecule has 0 heterocycles. The molecule has 4 aromatic carbocycles. The number of nitrogens with two attached hydrogens (primary N) is 1. The van der Waals surface area contributed by atoms with Gasteiger partial charge in [0.05, 0.1) is 4.90 Å². The molecule has 0 saturated carbocycles. The van der Waals surface area contributed by atoms with Gasteiger partial charge in [-0.2, -0.15) is 4.31 Å². The quantitative estimate of drug-likeness (QED) is 0.214. The second kappa shape index (κ2) is 12.8. The maximum Gasteiger partial charge on any atom is 0.251 e. The average molecular weight is 550 g/mol. The number of nitrogens with zero attached hydrogens (tertiary/aromatic N) is 1. The van der Waals surface area contributed by atoms with E-state index in [4.69, 9.17) is 11.6 Å². The van der Waals surface area contributed by atoms with Crippen LogP contribution in [0.1, 0.15) is 27.0 Å². The van der Waals surface area contributed by atoms with E-state index in [1.54, 1.807) is 48.5 Å². The number of halogens is 1. The molecular formula is C29H28ClN3O4S. The molecule has 0 unspecified atom stereocenters. The largest absolute Gasteiger partial charge is 0.630 e. The predicted molar refractivity (Wildman–Crippen MR) is 148 cm³/mol. The topological polar surface area (TPSA) is 106 Å². The number of nitrogens with one attached hydrogen (secondary N) is 1. The van der Waals surface area contributed by atoms with Crippen LogP contribution in [0.5, 0.6) is 0 Å². The Labute approximate surface area is 227 Å². The zero-order chi connectivity index (χ0) is 27.0. The van der Waals surface area contributed by atoms with Crippen molar-refractivity contribution in [2.45, 2.75) is 24.4 Å². The summed E-state index contributed by atoms with van der Waals surface area (Å²) in [6.07, 6.45) is 0.600. The first-order chi connectivity index (χ1) is 18.3. The van der Waals surface area contributed by atoms with Crippen LogP contribution in [0.15, 0.2) is 108 Å². The fraction of sp³-hybridized carbons (Fsp3) is 0.138. The molecule has 4 aromatic rings. The first-order valence-corrected chi connectivity index (χ1v) is 13.9. The molecule has 0 fully saturated rings. The summed E-state index contributed by atoms with van der Waals surface area (Å²) in [5, 5.41) is 14.3. The molecule has 9 heteroatoms. The highest BCUT2D eigenvalue weighted by Crippen LogP contribution is 2.23. The van der Waals surface area contributed by atoms with Gasteiger partial charge in [0.25, 0.3) is 5.91 Å². The van der Waals surface area contributed by atoms with E-state index in [1.807, 2.05) is 42.5 Å². The molecule has 3 N–H and O–H groups in total. The molecular weight excluding hydrogens is 522 g/mol. The second-order valence-corrected chi connectivity index (χ2v) is 11.2. The lowest BCUT2D eigenvalue weighted by Gasteiger charge is -2.23. The number of quaternary nitrogens is 1. The number of carbonyl (C=O) groups excluding carboxylic acids is 1. The molecule has 38 heavy (non-hydrogen) atoms. The lowest BCUT2D eigenvalue weighted by molar-refractivity contribution is -0.497. The second-order valence-electron chi connectivity index (χ2n) is 8.78. The van der Waals surface area contributed by atoms with Crippen molar-refractivity contribution in [3.05, 3.63) is 136 Å². The Morgan fingerprint density at radius 3 is 2.11 bits per heavy atom. The summed E-state index contributed by atoms with van der Waals surface area (Å²) < 4.78 is 28.4. The Balaban J connectivity index is 1.44. The third kappa shape index (κ3) is 7.28. The first-order valence-electron chi connectivity index (χ1n) is 12.1. The van der Waals surface area contributed by atoms with Gasteiger partial charge in [0.2, 0.25) is 10.0 Å². The summed E-state index contributed by atoms with van der Waals surface area (Å²) in [5.41, 5.74) is 4.45. The smallest absolute Gasteiger partial charge is 0.251 e. The maximum absolute atomic E-state index is 13.5. The zero-order valence-corrected chi connectivity index (χ0v) is 22.2. The highest BCUT2D eigenvalue weighted by atomic mass is 35.5. The van der Waals surface area contributed by atoms with Crippen molar-refractivity contribution < 1.29 is 18.7 Å². The van der Waals surface area contributed by atoms with Gasteiger partial charge in [0.1, 0.15) is 5.69 Å². The van der Waals surface area contributed by atoms with Crippen molar-refractivity contribution in [3.8, 4) is 0 Å². The van der Waals surface area contributed by atoms with E-state index >= 15 is 0 Å². The van der Waals surface area contributed by atoms with Crippen LogP contribution in [-0.4, -0.2) is 25.2 Å². The summed E-state index contributed by atoms with van der Waals surface area (Å²) >= 11 is 5.96. The molecule has 196 valence electrons. The van der Waals surface area contributed by atoms with E-state index in [9.17, 15) is 18.4 Å². The molecule has 0 bridgehead atoms. The lowest BCUT2D eigenvalue weighted by atomic mass is 10.1. The number of amides is 1. The highest BCUT2D eigenvalue weighted by Gasteiger charge is 2.25. The fourth-order valence-corrected chi connectivity index (χ4v) is 5.52. The first kappa shape index (κ1) is 27.5. The maximum atomic E-state index is 13.5. The monoisotopic (exact) mass is 549 g/mol. The number of hydrogen-bond acceptors (Lipinski definition) is 4. The van der Waals surface area contributed by atoms with Gasteiger partial charge in [0, 0.05) is 36.3 Å². The van der Waals surface area contributed by atoms with E-state index in [0.29, 0.717) is 29.2 Å². The molecule has 0 saturated heterocycles. The van der Waals surface area contributed by atoms with Gasteiger partial charge in [-0.05, 0) is 65.6 Å². The van der Waals surface area contributed by atoms with E-state index in [1.165, 1.54) is 16.4 Å². The standard InChI is InChI=1S/C29H28ClN3O4S/c30-26-13-15-28(16-14-26)38(36,37)33(20-23-5-2-1-3-6-23)21-24-9-11-25(12-10-24)29(34)31-18-17-22-7-4-8-27(19-22)32-35/h1-16,19H,17-18,20-21,32H2,(H,31,34). The number of carbonyl (C=O) groups is 1. The molecule has 7 nitrogen and oxygen atoms in total. The Kier molecular flexibility index (Phi) is 9.28. The summed E-state index contributed by atoms with van der Waals surface area (Å²) in [7, 11) is -3.81. The Hall–Kier alpha value is -3.53. The third-order valence-corrected chi connectivity index (χ3v) is 8.07. The van der Waals surface area contributed by atoms with E-state index in [2.05, 4.69) is 5.32 Å². The number of sulfonamides is 1. The summed E-state index contributed by atoms with van der Waals surface area (Å²) in [5.74, 6) is -0.224. The Bertz CT molecular complexity index is 1460. The minimum Gasteiger partial charge on any atom is -0.630 e. The van der Waals surface area contributed by atoms with Gasteiger partial charge >= 0.3 is 0 Å². The molecule has 0 atom stereocenters. The van der Waals surface area contributed by atoms with Crippen LogP contribution in [0, 0.1) is 5.21 Å². The van der Waals surface area contributed by atoms with Crippen molar-refractivity contribution in [2.24, 2.45) is 0 Å². The molecule has 0 aromatic heterocycles. The predicted octanol–water partition coefficient (Wildman–Crippen LogP) is 4.40. The van der Waals surface area contributed by atoms with Crippen LogP contribution >= 0.6 is 11.6 Å². The molecule has 0 spiro atoms. The molecule has 1 amide bonds. The SMILES string of the molecule is O=C(NCCc1cccc([NH2+][O-])c1)c1ccc(CN(Cc2ccccc2)S(=O)(=O)c2ccc(Cl)cc2)cc1. The molecule has 0 radical (unpaired) electrons. The van der Waals surface area contributed by atoms with Crippen LogP contribution in [0.25, 0.3) is 0 Å². The van der Waals surface area contributed by atoms with Gasteiger partial charge in [-0.15, -0.1) is 0 Å². The van der Waals surface area contributed by atoms with E-state index < -0.39 is 10.0 Å². The van der Waals surface area contributed by atoms with Crippen LogP contribution in [0.4, 0.5) is 5.69 Å². The van der Waals surface area contributed by atoms with Crippen molar-refractivity contribution >= 4 is 33.2 Å². The lowest BCUT2D eigenvalue weighted by Crippen LogP contribution is -2.70. The summed E-state index contributed by atoms with van der Waals surface area (Å²) in [6, 6.07) is 29.7. The van der Waals surface area contributed by atoms with E-state index in [-0.39, 0.29) is 23.9 Å². The minimum absolute atomic E-state index is 0.134. The summed E-state index contributed by atoms with van der Waals surface area (Å²) in [6.45, 7) is 0.751. The van der Waals surface area contributed by atoms with Gasteiger partial charge in [-0.3, -0.25) is 4.79 Å². The van der Waals surface area contributed by atoms with E-state index in [0.717, 1.165) is 22.2 Å². The number of hydrogen-bond donors (Lipinski definition) is 2. The molecule has 0 aliphatic heterocycles. The Morgan fingerprint density at radius 2 is 1.45 bits per heavy atom. The minimum atomic E-state index is -3.81. The normalized spacial score (nSPS) is 11.4. The van der Waals surface area contributed by atoms with Crippen molar-refractivity contribution in [1.82, 2.24) is 9.62 Å². The highest BCUT2D eigenvalue weighted by molar-refractivity contribution is 7.89. The third-order valence-electron chi connectivity index (χ3n) is 6.01. The van der Waals surface area contributed by atoms with Gasteiger partial charge < -0.3 is 16.0 Å². The zero-order valence-electron chi connectivity index (χ0n) is 20.6. The number of rotatable bonds is 11. The fourth-order valence-electron chi connectivity index (χ4n) is 3.98. The number of benzene rings is 4. The van der Waals surface area contributed by atoms with Crippen LogP contribution < -0.4 is 10.8 Å². The molecule has 0 aliphatic rings. The van der Waals surface area contributed by atoms with Crippen molar-refractivity contribution in [1.29, 1.82) is 0 Å². The average Bonchev–Trinajstić information content (AvgIpc) is 2.94. The van der Waals surface area contributed by atoms with Crippen LogP contribution in [-0.2, 0) is 29.5 Å².